The summed E-state index contributed by atoms with van der Waals surface area (Å²) in [5.74, 6) is -1.43. The quantitative estimate of drug-likeness (QED) is 0.205. The molecule has 0 fully saturated rings. The number of carbonyl (C=O) groups excluding carboxylic acids is 1. The predicted molar refractivity (Wildman–Crippen MR) is 22.5 cm³/mol. The smallest absolute Gasteiger partial charge is 0.368 e. The van der Waals surface area contributed by atoms with E-state index in [2.05, 4.69) is 0 Å². The van der Waals surface area contributed by atoms with Gasteiger partial charge in [0.15, 0.2) is 0 Å². The van der Waals surface area contributed by atoms with Crippen molar-refractivity contribution < 1.29 is 25.0 Å². The average molecular weight is 137 g/mol. The lowest BCUT2D eigenvalue weighted by Gasteiger charge is -1.59. The highest BCUT2D eigenvalue weighted by atomic mass is 16.9. The number of rotatable bonds is 1. The first kappa shape index (κ1) is 10.3. The van der Waals surface area contributed by atoms with Crippen LogP contribution in [0.4, 0.5) is 0 Å². The summed E-state index contributed by atoms with van der Waals surface area (Å²) in [5.41, 5.74) is 0. The Bertz CT molecular complexity index is 114. The maximum Gasteiger partial charge on any atom is 0.368 e. The van der Waals surface area contributed by atoms with Crippen LogP contribution in [0, 0.1) is 10.1 Å². The van der Waals surface area contributed by atoms with Crippen molar-refractivity contribution in [3.63, 3.8) is 0 Å². The standard InChI is InChI=1S/C2H2O3.HNO3/c3-1-2(4)5;2-1(3)4/h1H,(H,4,5);(H,2,3,4). The van der Waals surface area contributed by atoms with E-state index in [1.165, 1.54) is 0 Å². The van der Waals surface area contributed by atoms with Crippen LogP contribution in [-0.4, -0.2) is 27.7 Å². The summed E-state index contributed by atoms with van der Waals surface area (Å²) in [6.07, 6.45) is -0.167. The minimum absolute atomic E-state index is 0.167. The molecule has 0 rings (SSSR count). The van der Waals surface area contributed by atoms with E-state index >= 15 is 0 Å². The first-order valence-electron chi connectivity index (χ1n) is 1.52. The van der Waals surface area contributed by atoms with Crippen molar-refractivity contribution in [2.75, 3.05) is 0 Å². The van der Waals surface area contributed by atoms with Gasteiger partial charge < -0.3 is 10.3 Å². The molecule has 2 N–H and O–H groups in total. The van der Waals surface area contributed by atoms with Gasteiger partial charge in [-0.3, -0.25) is 4.79 Å². The van der Waals surface area contributed by atoms with Crippen molar-refractivity contribution in [3.05, 3.63) is 10.1 Å². The van der Waals surface area contributed by atoms with Crippen molar-refractivity contribution in [1.82, 2.24) is 0 Å². The van der Waals surface area contributed by atoms with E-state index < -0.39 is 11.1 Å². The maximum atomic E-state index is 9.00. The van der Waals surface area contributed by atoms with E-state index in [1.54, 1.807) is 0 Å². The molecule has 0 radical (unpaired) electrons. The molecular weight excluding hydrogens is 134 g/mol. The molecule has 7 nitrogen and oxygen atoms in total. The summed E-state index contributed by atoms with van der Waals surface area (Å²) in [6.45, 7) is 0. The van der Waals surface area contributed by atoms with Crippen LogP contribution in [0.15, 0.2) is 0 Å². The molecule has 0 unspecified atom stereocenters. The first-order valence-corrected chi connectivity index (χ1v) is 1.52. The number of aldehydes is 1. The minimum Gasteiger partial charge on any atom is -0.476 e. The van der Waals surface area contributed by atoms with E-state index in [0.29, 0.717) is 0 Å². The molecule has 0 aromatic heterocycles. The maximum absolute atomic E-state index is 9.00. The third-order valence-corrected chi connectivity index (χ3v) is 0.101. The Labute approximate surface area is 48.6 Å². The first-order chi connectivity index (χ1) is 4.00. The van der Waals surface area contributed by atoms with Crippen molar-refractivity contribution >= 4 is 12.3 Å². The Morgan fingerprint density at radius 2 is 1.78 bits per heavy atom. The summed E-state index contributed by atoms with van der Waals surface area (Å²) < 4.78 is 0. The molecule has 0 aliphatic rings. The summed E-state index contributed by atoms with van der Waals surface area (Å²) in [7, 11) is 0. The fourth-order valence-electron chi connectivity index (χ4n) is 0. The summed E-state index contributed by atoms with van der Waals surface area (Å²) in [5, 5.41) is 21.0. The van der Waals surface area contributed by atoms with Crippen LogP contribution in [0.25, 0.3) is 0 Å². The number of carboxylic acids is 1. The molecule has 0 bridgehead atoms. The van der Waals surface area contributed by atoms with Crippen LogP contribution in [0.1, 0.15) is 0 Å². The molecule has 0 saturated carbocycles. The van der Waals surface area contributed by atoms with Crippen molar-refractivity contribution in [3.8, 4) is 0 Å². The van der Waals surface area contributed by atoms with E-state index in [1.807, 2.05) is 0 Å². The van der Waals surface area contributed by atoms with E-state index in [-0.39, 0.29) is 6.29 Å². The second kappa shape index (κ2) is 6.34. The van der Waals surface area contributed by atoms with E-state index in [9.17, 15) is 0 Å². The van der Waals surface area contributed by atoms with Gasteiger partial charge in [0.05, 0.1) is 0 Å². The van der Waals surface area contributed by atoms with Gasteiger partial charge in [0.1, 0.15) is 0 Å². The highest BCUT2D eigenvalue weighted by Crippen LogP contribution is 1.39. The van der Waals surface area contributed by atoms with Gasteiger partial charge in [-0.05, 0) is 0 Å². The van der Waals surface area contributed by atoms with Crippen molar-refractivity contribution in [2.45, 2.75) is 0 Å². The molecule has 0 amide bonds. The van der Waals surface area contributed by atoms with Crippen LogP contribution in [0.2, 0.25) is 0 Å². The Morgan fingerprint density at radius 3 is 1.78 bits per heavy atom. The number of carbonyl (C=O) groups is 2. The van der Waals surface area contributed by atoms with Gasteiger partial charge in [0, 0.05) is 0 Å². The minimum atomic E-state index is -1.50. The van der Waals surface area contributed by atoms with Crippen LogP contribution in [-0.2, 0) is 9.59 Å². The van der Waals surface area contributed by atoms with E-state index in [4.69, 9.17) is 30.0 Å². The summed E-state index contributed by atoms with van der Waals surface area (Å²) >= 11 is 0. The fraction of sp³-hybridized carbons (Fsp3) is 0. The molecule has 0 aromatic rings. The molecule has 0 heterocycles. The Balaban J connectivity index is 0. The molecule has 0 aliphatic heterocycles. The highest BCUT2D eigenvalue weighted by molar-refractivity contribution is 6.19. The lowest BCUT2D eigenvalue weighted by molar-refractivity contribution is -0.742. The largest absolute Gasteiger partial charge is 0.476 e. The van der Waals surface area contributed by atoms with Gasteiger partial charge in [0.2, 0.25) is 6.29 Å². The molecule has 0 atom stereocenters. The second-order valence-electron chi connectivity index (χ2n) is 0.694. The van der Waals surface area contributed by atoms with Gasteiger partial charge in [0.25, 0.3) is 5.09 Å². The van der Waals surface area contributed by atoms with Crippen LogP contribution in [0.5, 0.6) is 0 Å². The predicted octanol–water partition coefficient (Wildman–Crippen LogP) is -1.08. The Morgan fingerprint density at radius 1 is 1.67 bits per heavy atom. The molecule has 52 valence electrons. The zero-order chi connectivity index (χ0) is 7.86. The third kappa shape index (κ3) is 1030. The van der Waals surface area contributed by atoms with Crippen LogP contribution < -0.4 is 0 Å². The molecule has 0 aromatic carbocycles. The Kier molecular flexibility index (Phi) is 7.29. The fourth-order valence-corrected chi connectivity index (χ4v) is 0. The Hall–Kier alpha value is -1.66. The number of aliphatic carboxylic acids is 1. The van der Waals surface area contributed by atoms with Gasteiger partial charge in [-0.2, -0.15) is 0 Å². The van der Waals surface area contributed by atoms with Crippen molar-refractivity contribution in [2.24, 2.45) is 0 Å². The molecule has 7 heteroatoms. The van der Waals surface area contributed by atoms with Crippen LogP contribution in [0.3, 0.4) is 0 Å². The molecule has 9 heavy (non-hydrogen) atoms. The molecule has 0 aliphatic carbocycles. The highest BCUT2D eigenvalue weighted by Gasteiger charge is 1.80. The third-order valence-electron chi connectivity index (χ3n) is 0.101. The second-order valence-corrected chi connectivity index (χ2v) is 0.694. The topological polar surface area (TPSA) is 118 Å². The molecule has 0 saturated heterocycles. The summed E-state index contributed by atoms with van der Waals surface area (Å²) in [4.78, 5) is 26.3. The zero-order valence-electron chi connectivity index (χ0n) is 4.05. The van der Waals surface area contributed by atoms with E-state index in [0.717, 1.165) is 0 Å². The average Bonchev–Trinajstić information content (AvgIpc) is 1.65. The molecular formula is C2H3NO6. The van der Waals surface area contributed by atoms with Gasteiger partial charge in [-0.1, -0.05) is 0 Å². The lowest BCUT2D eigenvalue weighted by Crippen LogP contribution is -1.91. The molecule has 0 spiro atoms. The number of nitrogens with zero attached hydrogens (tertiary/aromatic N) is 1. The van der Waals surface area contributed by atoms with Crippen molar-refractivity contribution in [1.29, 1.82) is 0 Å². The summed E-state index contributed by atoms with van der Waals surface area (Å²) in [6, 6.07) is 0. The number of carboxylic acid groups (broad SMARTS) is 1. The number of hydrogen-bond donors (Lipinski definition) is 2. The SMILES string of the molecule is O=CC(=O)O.O=[N+]([O-])O. The van der Waals surface area contributed by atoms with Gasteiger partial charge in [-0.15, -0.1) is 10.1 Å². The monoisotopic (exact) mass is 137 g/mol. The normalized spacial score (nSPS) is 6.22. The van der Waals surface area contributed by atoms with Gasteiger partial charge in [-0.25, -0.2) is 4.79 Å². The lowest BCUT2D eigenvalue weighted by atomic mass is 10.8. The zero-order valence-corrected chi connectivity index (χ0v) is 4.05. The van der Waals surface area contributed by atoms with Gasteiger partial charge >= 0.3 is 5.97 Å². The van der Waals surface area contributed by atoms with Crippen LogP contribution >= 0.6 is 0 Å². The number of hydrogen-bond acceptors (Lipinski definition) is 4.